The average Bonchev–Trinajstić information content (AvgIpc) is 2.01. The summed E-state index contributed by atoms with van der Waals surface area (Å²) in [5, 5.41) is 12.1. The van der Waals surface area contributed by atoms with Crippen LogP contribution >= 0.6 is 11.8 Å². The van der Waals surface area contributed by atoms with E-state index in [-0.39, 0.29) is 0 Å². The van der Waals surface area contributed by atoms with Crippen molar-refractivity contribution in [2.75, 3.05) is 18.6 Å². The van der Waals surface area contributed by atoms with Crippen molar-refractivity contribution in [2.45, 2.75) is 38.8 Å². The van der Waals surface area contributed by atoms with Crippen molar-refractivity contribution in [3.8, 4) is 0 Å². The second kappa shape index (κ2) is 7.90. The molecule has 2 unspecified atom stereocenters. The van der Waals surface area contributed by atoms with Crippen LogP contribution in [0.15, 0.2) is 0 Å². The molecule has 0 bridgehead atoms. The number of rotatable bonds is 7. The Morgan fingerprint density at radius 1 is 1.33 bits per heavy atom. The lowest BCUT2D eigenvalue weighted by molar-refractivity contribution is 0.275. The molecule has 2 N–H and O–H groups in total. The minimum atomic E-state index is 0.308. The molecular formula is C9H21NOS. The Hall–Kier alpha value is 0.270. The van der Waals surface area contributed by atoms with Gasteiger partial charge in [-0.15, -0.1) is 0 Å². The maximum Gasteiger partial charge on any atom is 0.0431 e. The second-order valence-electron chi connectivity index (χ2n) is 3.29. The van der Waals surface area contributed by atoms with E-state index in [1.165, 1.54) is 0 Å². The van der Waals surface area contributed by atoms with Crippen LogP contribution in [0.3, 0.4) is 0 Å². The van der Waals surface area contributed by atoms with Gasteiger partial charge in [0.1, 0.15) is 0 Å². The summed E-state index contributed by atoms with van der Waals surface area (Å²) in [4.78, 5) is 0. The number of hydrogen-bond donors (Lipinski definition) is 2. The minimum absolute atomic E-state index is 0.308. The first-order chi connectivity index (χ1) is 5.70. The van der Waals surface area contributed by atoms with Crippen LogP contribution in [0.5, 0.6) is 0 Å². The smallest absolute Gasteiger partial charge is 0.0431 e. The SMILES string of the molecule is CSCC(C)NC(C)CCCO. The highest BCUT2D eigenvalue weighted by Crippen LogP contribution is 2.01. The van der Waals surface area contributed by atoms with E-state index in [0.717, 1.165) is 18.6 Å². The summed E-state index contributed by atoms with van der Waals surface area (Å²) in [5.41, 5.74) is 0. The molecule has 0 aliphatic rings. The zero-order valence-electron chi connectivity index (χ0n) is 8.34. The molecule has 0 aliphatic heterocycles. The summed E-state index contributed by atoms with van der Waals surface area (Å²) in [5.74, 6) is 1.16. The Morgan fingerprint density at radius 2 is 2.00 bits per heavy atom. The number of aliphatic hydroxyl groups excluding tert-OH is 1. The van der Waals surface area contributed by atoms with Crippen LogP contribution in [-0.2, 0) is 0 Å². The zero-order valence-corrected chi connectivity index (χ0v) is 9.16. The van der Waals surface area contributed by atoms with Crippen molar-refractivity contribution in [1.82, 2.24) is 5.32 Å². The monoisotopic (exact) mass is 191 g/mol. The van der Waals surface area contributed by atoms with Gasteiger partial charge in [-0.3, -0.25) is 0 Å². The molecular weight excluding hydrogens is 170 g/mol. The predicted octanol–water partition coefficient (Wildman–Crippen LogP) is 1.49. The number of thioether (sulfide) groups is 1. The summed E-state index contributed by atoms with van der Waals surface area (Å²) in [7, 11) is 0. The number of nitrogens with one attached hydrogen (secondary N) is 1. The van der Waals surface area contributed by atoms with Crippen molar-refractivity contribution in [3.63, 3.8) is 0 Å². The summed E-state index contributed by atoms with van der Waals surface area (Å²) in [6.45, 7) is 4.68. The molecule has 0 saturated carbocycles. The number of hydrogen-bond acceptors (Lipinski definition) is 3. The normalized spacial score (nSPS) is 16.0. The van der Waals surface area contributed by atoms with Crippen molar-refractivity contribution in [1.29, 1.82) is 0 Å². The Balaban J connectivity index is 3.33. The van der Waals surface area contributed by atoms with E-state index in [1.54, 1.807) is 0 Å². The highest BCUT2D eigenvalue weighted by atomic mass is 32.2. The summed E-state index contributed by atoms with van der Waals surface area (Å²) < 4.78 is 0. The molecule has 0 rings (SSSR count). The first-order valence-corrected chi connectivity index (χ1v) is 5.96. The molecule has 2 nitrogen and oxygen atoms in total. The van der Waals surface area contributed by atoms with Crippen LogP contribution in [0, 0.1) is 0 Å². The van der Waals surface area contributed by atoms with Gasteiger partial charge in [-0.2, -0.15) is 11.8 Å². The minimum Gasteiger partial charge on any atom is -0.396 e. The topological polar surface area (TPSA) is 32.3 Å². The van der Waals surface area contributed by atoms with E-state index >= 15 is 0 Å². The summed E-state index contributed by atoms with van der Waals surface area (Å²) in [6, 6.07) is 1.10. The number of aliphatic hydroxyl groups is 1. The molecule has 0 aromatic rings. The van der Waals surface area contributed by atoms with E-state index in [2.05, 4.69) is 25.4 Å². The molecule has 0 spiro atoms. The first-order valence-electron chi connectivity index (χ1n) is 4.56. The predicted molar refractivity (Wildman–Crippen MR) is 56.8 cm³/mol. The summed E-state index contributed by atoms with van der Waals surface area (Å²) >= 11 is 1.86. The molecule has 0 aromatic heterocycles. The third-order valence-corrected chi connectivity index (χ3v) is 2.61. The second-order valence-corrected chi connectivity index (χ2v) is 4.20. The van der Waals surface area contributed by atoms with Gasteiger partial charge in [0.2, 0.25) is 0 Å². The van der Waals surface area contributed by atoms with Crippen molar-refractivity contribution in [2.24, 2.45) is 0 Å². The Morgan fingerprint density at radius 3 is 2.50 bits per heavy atom. The zero-order chi connectivity index (χ0) is 9.40. The third kappa shape index (κ3) is 6.95. The quantitative estimate of drug-likeness (QED) is 0.639. The fraction of sp³-hybridized carbons (Fsp3) is 1.00. The van der Waals surface area contributed by atoms with Crippen LogP contribution in [0.25, 0.3) is 0 Å². The fourth-order valence-corrected chi connectivity index (χ4v) is 1.86. The van der Waals surface area contributed by atoms with Crippen LogP contribution in [0.1, 0.15) is 26.7 Å². The van der Waals surface area contributed by atoms with Crippen molar-refractivity contribution >= 4 is 11.8 Å². The van der Waals surface area contributed by atoms with Gasteiger partial charge in [-0.05, 0) is 32.9 Å². The lowest BCUT2D eigenvalue weighted by Gasteiger charge is -2.18. The van der Waals surface area contributed by atoms with E-state index in [1.807, 2.05) is 11.8 Å². The Bertz CT molecular complexity index is 101. The molecule has 2 atom stereocenters. The highest BCUT2D eigenvalue weighted by molar-refractivity contribution is 7.98. The molecule has 0 aromatic carbocycles. The molecule has 3 heteroatoms. The van der Waals surface area contributed by atoms with Crippen molar-refractivity contribution in [3.05, 3.63) is 0 Å². The molecule has 0 radical (unpaired) electrons. The van der Waals surface area contributed by atoms with Gasteiger partial charge in [0.25, 0.3) is 0 Å². The molecule has 0 saturated heterocycles. The van der Waals surface area contributed by atoms with Crippen molar-refractivity contribution < 1.29 is 5.11 Å². The third-order valence-electron chi connectivity index (χ3n) is 1.78. The van der Waals surface area contributed by atoms with Gasteiger partial charge < -0.3 is 10.4 Å². The molecule has 0 fully saturated rings. The standard InChI is InChI=1S/C9H21NOS/c1-8(5-4-6-11)10-9(2)7-12-3/h8-11H,4-7H2,1-3H3. The molecule has 12 heavy (non-hydrogen) atoms. The molecule has 0 amide bonds. The lowest BCUT2D eigenvalue weighted by atomic mass is 10.2. The van der Waals surface area contributed by atoms with E-state index in [0.29, 0.717) is 18.7 Å². The average molecular weight is 191 g/mol. The van der Waals surface area contributed by atoms with Gasteiger partial charge in [0.05, 0.1) is 0 Å². The van der Waals surface area contributed by atoms with Crippen LogP contribution < -0.4 is 5.32 Å². The first kappa shape index (κ1) is 12.3. The van der Waals surface area contributed by atoms with Gasteiger partial charge in [0.15, 0.2) is 0 Å². The molecule has 0 aliphatic carbocycles. The van der Waals surface area contributed by atoms with Crippen LogP contribution in [0.2, 0.25) is 0 Å². The maximum atomic E-state index is 8.62. The van der Waals surface area contributed by atoms with Crippen LogP contribution in [0.4, 0.5) is 0 Å². The maximum absolute atomic E-state index is 8.62. The Kier molecular flexibility index (Phi) is 8.07. The largest absolute Gasteiger partial charge is 0.396 e. The molecule has 74 valence electrons. The highest BCUT2D eigenvalue weighted by Gasteiger charge is 2.05. The Labute approximate surface area is 80.1 Å². The lowest BCUT2D eigenvalue weighted by Crippen LogP contribution is -2.36. The van der Waals surface area contributed by atoms with Gasteiger partial charge in [0, 0.05) is 24.4 Å². The fourth-order valence-electron chi connectivity index (χ4n) is 1.26. The van der Waals surface area contributed by atoms with Crippen LogP contribution in [-0.4, -0.2) is 35.8 Å². The van der Waals surface area contributed by atoms with Gasteiger partial charge >= 0.3 is 0 Å². The van der Waals surface area contributed by atoms with E-state index in [9.17, 15) is 0 Å². The summed E-state index contributed by atoms with van der Waals surface area (Å²) in [6.07, 6.45) is 4.09. The van der Waals surface area contributed by atoms with E-state index < -0.39 is 0 Å². The van der Waals surface area contributed by atoms with Gasteiger partial charge in [-0.1, -0.05) is 0 Å². The van der Waals surface area contributed by atoms with Gasteiger partial charge in [-0.25, -0.2) is 0 Å². The van der Waals surface area contributed by atoms with E-state index in [4.69, 9.17) is 5.11 Å². The molecule has 0 heterocycles.